The Morgan fingerprint density at radius 2 is 1.97 bits per heavy atom. The summed E-state index contributed by atoms with van der Waals surface area (Å²) in [7, 11) is 1.55. The summed E-state index contributed by atoms with van der Waals surface area (Å²) in [5.41, 5.74) is 3.14. The largest absolute Gasteiger partial charge is 0.507 e. The van der Waals surface area contributed by atoms with Gasteiger partial charge in [0.2, 0.25) is 0 Å². The SMILES string of the molecule is CCCN1C(=O)C(=O)/C(=C(/O)c2ccc(OC)c(Br)c2)C1c1c(C)[nH]c2ccccc12. The van der Waals surface area contributed by atoms with Crippen molar-refractivity contribution in [3.8, 4) is 5.75 Å². The first-order valence-electron chi connectivity index (χ1n) is 10.1. The highest BCUT2D eigenvalue weighted by molar-refractivity contribution is 9.10. The van der Waals surface area contributed by atoms with Crippen molar-refractivity contribution in [2.75, 3.05) is 13.7 Å². The Labute approximate surface area is 188 Å². The van der Waals surface area contributed by atoms with E-state index in [0.29, 0.717) is 28.8 Å². The van der Waals surface area contributed by atoms with Crippen LogP contribution in [0.2, 0.25) is 0 Å². The molecule has 0 spiro atoms. The molecule has 6 nitrogen and oxygen atoms in total. The highest BCUT2D eigenvalue weighted by Gasteiger charge is 2.47. The standard InChI is InChI=1S/C24H23BrN2O4/c1-4-11-27-21(19-13(2)26-17-8-6-5-7-15(17)19)20(23(29)24(27)30)22(28)14-9-10-18(31-3)16(25)12-14/h5-10,12,21,26,28H,4,11H2,1-3H3/b22-20+. The monoisotopic (exact) mass is 482 g/mol. The number of H-pyrrole nitrogens is 1. The Kier molecular flexibility index (Phi) is 5.62. The lowest BCUT2D eigenvalue weighted by molar-refractivity contribution is -0.139. The lowest BCUT2D eigenvalue weighted by atomic mass is 9.93. The van der Waals surface area contributed by atoms with Gasteiger partial charge in [-0.15, -0.1) is 0 Å². The molecule has 2 aromatic carbocycles. The third-order valence-corrected chi connectivity index (χ3v) is 6.27. The number of carbonyl (C=O) groups is 2. The number of carbonyl (C=O) groups excluding carboxylic acids is 2. The number of aliphatic hydroxyl groups is 1. The van der Waals surface area contributed by atoms with E-state index in [1.807, 2.05) is 38.1 Å². The van der Waals surface area contributed by atoms with Crippen molar-refractivity contribution in [1.29, 1.82) is 0 Å². The number of ketones is 1. The molecule has 0 saturated carbocycles. The Hall–Kier alpha value is -3.06. The summed E-state index contributed by atoms with van der Waals surface area (Å²) < 4.78 is 5.90. The number of hydrogen-bond donors (Lipinski definition) is 2. The van der Waals surface area contributed by atoms with Crippen molar-refractivity contribution in [1.82, 2.24) is 9.88 Å². The number of methoxy groups -OCH3 is 1. The number of aromatic nitrogens is 1. The average Bonchev–Trinajstić information content (AvgIpc) is 3.21. The fraction of sp³-hybridized carbons (Fsp3) is 0.250. The van der Waals surface area contributed by atoms with Gasteiger partial charge in [0.15, 0.2) is 0 Å². The topological polar surface area (TPSA) is 82.6 Å². The van der Waals surface area contributed by atoms with Gasteiger partial charge in [0.1, 0.15) is 11.5 Å². The fourth-order valence-electron chi connectivity index (χ4n) is 4.27. The van der Waals surface area contributed by atoms with Gasteiger partial charge >= 0.3 is 0 Å². The number of para-hydroxylation sites is 1. The first-order valence-corrected chi connectivity index (χ1v) is 10.9. The van der Waals surface area contributed by atoms with E-state index in [1.165, 1.54) is 0 Å². The summed E-state index contributed by atoms with van der Waals surface area (Å²) in [6.07, 6.45) is 0.694. The van der Waals surface area contributed by atoms with E-state index in [-0.39, 0.29) is 11.3 Å². The molecular formula is C24H23BrN2O4. The molecule has 1 amide bonds. The van der Waals surface area contributed by atoms with Gasteiger partial charge < -0.3 is 19.7 Å². The van der Waals surface area contributed by atoms with E-state index in [2.05, 4.69) is 20.9 Å². The highest BCUT2D eigenvalue weighted by atomic mass is 79.9. The van der Waals surface area contributed by atoms with Crippen molar-refractivity contribution >= 4 is 44.3 Å². The van der Waals surface area contributed by atoms with Crippen LogP contribution in [0.1, 0.15) is 36.2 Å². The Morgan fingerprint density at radius 3 is 2.65 bits per heavy atom. The zero-order chi connectivity index (χ0) is 22.3. The smallest absolute Gasteiger partial charge is 0.295 e. The minimum atomic E-state index is -0.674. The maximum atomic E-state index is 13.1. The summed E-state index contributed by atoms with van der Waals surface area (Å²) in [4.78, 5) is 31.0. The highest BCUT2D eigenvalue weighted by Crippen LogP contribution is 2.43. The second-order valence-electron chi connectivity index (χ2n) is 7.55. The molecule has 160 valence electrons. The number of hydrogen-bond acceptors (Lipinski definition) is 4. The predicted octanol–water partition coefficient (Wildman–Crippen LogP) is 5.08. The van der Waals surface area contributed by atoms with Crippen LogP contribution in [0.15, 0.2) is 52.5 Å². The number of aryl methyl sites for hydroxylation is 1. The summed E-state index contributed by atoms with van der Waals surface area (Å²) >= 11 is 3.42. The van der Waals surface area contributed by atoms with Gasteiger partial charge in [-0.05, 0) is 53.5 Å². The molecule has 1 aromatic heterocycles. The second-order valence-corrected chi connectivity index (χ2v) is 8.41. The quantitative estimate of drug-likeness (QED) is 0.301. The molecule has 2 heterocycles. The summed E-state index contributed by atoms with van der Waals surface area (Å²) in [5.74, 6) is -0.861. The molecule has 31 heavy (non-hydrogen) atoms. The van der Waals surface area contributed by atoms with Crippen LogP contribution in [-0.4, -0.2) is 40.3 Å². The number of benzene rings is 2. The molecule has 0 bridgehead atoms. The lowest BCUT2D eigenvalue weighted by Gasteiger charge is -2.25. The summed E-state index contributed by atoms with van der Waals surface area (Å²) in [6.45, 7) is 4.29. The first kappa shape index (κ1) is 21.2. The van der Waals surface area contributed by atoms with E-state index in [4.69, 9.17) is 4.74 Å². The van der Waals surface area contributed by atoms with Crippen LogP contribution in [0.5, 0.6) is 5.75 Å². The Bertz CT molecular complexity index is 1230. The number of fused-ring (bicyclic) bond motifs is 1. The van der Waals surface area contributed by atoms with Gasteiger partial charge in [-0.3, -0.25) is 9.59 Å². The van der Waals surface area contributed by atoms with Crippen LogP contribution in [0.25, 0.3) is 16.7 Å². The van der Waals surface area contributed by atoms with Crippen molar-refractivity contribution in [2.45, 2.75) is 26.3 Å². The van der Waals surface area contributed by atoms with Gasteiger partial charge in [-0.1, -0.05) is 25.1 Å². The minimum absolute atomic E-state index is 0.100. The number of rotatable bonds is 5. The third-order valence-electron chi connectivity index (χ3n) is 5.65. The van der Waals surface area contributed by atoms with Crippen LogP contribution in [0, 0.1) is 6.92 Å². The minimum Gasteiger partial charge on any atom is -0.507 e. The summed E-state index contributed by atoms with van der Waals surface area (Å²) in [6, 6.07) is 12.2. The first-order chi connectivity index (χ1) is 14.9. The van der Waals surface area contributed by atoms with E-state index in [1.54, 1.807) is 30.2 Å². The van der Waals surface area contributed by atoms with Gasteiger partial charge in [0.05, 0.1) is 23.2 Å². The Balaban J connectivity index is 1.97. The average molecular weight is 483 g/mol. The number of ether oxygens (including phenoxy) is 1. The number of aliphatic hydroxyl groups excluding tert-OH is 1. The molecule has 1 fully saturated rings. The van der Waals surface area contributed by atoms with Gasteiger partial charge in [0, 0.05) is 34.3 Å². The van der Waals surface area contributed by atoms with E-state index < -0.39 is 17.7 Å². The molecule has 1 aliphatic rings. The molecule has 7 heteroatoms. The lowest BCUT2D eigenvalue weighted by Crippen LogP contribution is -2.30. The van der Waals surface area contributed by atoms with Gasteiger partial charge in [0.25, 0.3) is 11.7 Å². The van der Waals surface area contributed by atoms with Crippen LogP contribution in [0.4, 0.5) is 0 Å². The molecule has 0 aliphatic carbocycles. The molecule has 2 N–H and O–H groups in total. The van der Waals surface area contributed by atoms with Crippen molar-refractivity contribution in [3.63, 3.8) is 0 Å². The summed E-state index contributed by atoms with van der Waals surface area (Å²) in [5, 5.41) is 12.1. The number of nitrogens with one attached hydrogen (secondary N) is 1. The number of amides is 1. The van der Waals surface area contributed by atoms with E-state index in [0.717, 1.165) is 22.2 Å². The van der Waals surface area contributed by atoms with Crippen molar-refractivity contribution in [3.05, 3.63) is 69.3 Å². The second kappa shape index (κ2) is 8.23. The maximum Gasteiger partial charge on any atom is 0.295 e. The normalized spacial score (nSPS) is 18.2. The van der Waals surface area contributed by atoms with Crippen LogP contribution in [0.3, 0.4) is 0 Å². The molecule has 1 aliphatic heterocycles. The molecule has 1 unspecified atom stereocenters. The number of nitrogens with zero attached hydrogens (tertiary/aromatic N) is 1. The zero-order valence-electron chi connectivity index (χ0n) is 17.5. The molecule has 0 radical (unpaired) electrons. The van der Waals surface area contributed by atoms with Crippen molar-refractivity contribution in [2.24, 2.45) is 0 Å². The van der Waals surface area contributed by atoms with E-state index >= 15 is 0 Å². The van der Waals surface area contributed by atoms with Gasteiger partial charge in [-0.2, -0.15) is 0 Å². The van der Waals surface area contributed by atoms with Gasteiger partial charge in [-0.25, -0.2) is 0 Å². The van der Waals surface area contributed by atoms with Crippen LogP contribution in [-0.2, 0) is 9.59 Å². The maximum absolute atomic E-state index is 13.1. The fourth-order valence-corrected chi connectivity index (χ4v) is 4.81. The molecule has 3 aromatic rings. The van der Waals surface area contributed by atoms with E-state index in [9.17, 15) is 14.7 Å². The molecule has 4 rings (SSSR count). The van der Waals surface area contributed by atoms with Crippen LogP contribution < -0.4 is 4.74 Å². The number of halogens is 1. The molecule has 1 saturated heterocycles. The number of aromatic amines is 1. The zero-order valence-corrected chi connectivity index (χ0v) is 19.1. The van der Waals surface area contributed by atoms with Crippen molar-refractivity contribution < 1.29 is 19.4 Å². The van der Waals surface area contributed by atoms with Crippen LogP contribution >= 0.6 is 15.9 Å². The predicted molar refractivity (Wildman–Crippen MR) is 123 cm³/mol. The molecular weight excluding hydrogens is 460 g/mol. The number of Topliss-reactive ketones (excluding diaryl/α,β-unsaturated/α-hetero) is 1. The third kappa shape index (κ3) is 3.43. The number of likely N-dealkylation sites (tertiary alicyclic amines) is 1. The molecule has 1 atom stereocenters. The Morgan fingerprint density at radius 1 is 1.23 bits per heavy atom.